The normalized spacial score (nSPS) is 15.6. The zero-order valence-electron chi connectivity index (χ0n) is 12.2. The Kier molecular flexibility index (Phi) is 5.33. The van der Waals surface area contributed by atoms with Crippen LogP contribution in [0.4, 0.5) is 0 Å². The molecule has 0 saturated heterocycles. The molecule has 2 nitrogen and oxygen atoms in total. The number of nitrogens with one attached hydrogen (secondary N) is 1. The Hall–Kier alpha value is -1.64. The van der Waals surface area contributed by atoms with E-state index < -0.39 is 6.10 Å². The number of benzene rings is 2. The van der Waals surface area contributed by atoms with E-state index in [9.17, 15) is 5.11 Å². The van der Waals surface area contributed by atoms with E-state index in [2.05, 4.69) is 36.5 Å². The predicted octanol–water partition coefficient (Wildman–Crippen LogP) is 3.33. The maximum atomic E-state index is 10.3. The van der Waals surface area contributed by atoms with Crippen LogP contribution in [-0.4, -0.2) is 17.2 Å². The van der Waals surface area contributed by atoms with Gasteiger partial charge in [-0.1, -0.05) is 60.7 Å². The molecule has 3 atom stereocenters. The minimum atomic E-state index is -0.477. The lowest BCUT2D eigenvalue weighted by Crippen LogP contribution is -2.39. The van der Waals surface area contributed by atoms with Crippen molar-refractivity contribution in [2.75, 3.05) is 0 Å². The van der Waals surface area contributed by atoms with Crippen LogP contribution in [0.15, 0.2) is 60.7 Å². The molecule has 2 aromatic carbocycles. The lowest BCUT2D eigenvalue weighted by Gasteiger charge is -2.24. The summed E-state index contributed by atoms with van der Waals surface area (Å²) in [5.74, 6) is 0. The molecular formula is C18H23NO. The maximum Gasteiger partial charge on any atom is 0.0940 e. The van der Waals surface area contributed by atoms with Crippen molar-refractivity contribution in [3.8, 4) is 0 Å². The number of hydrogen-bond donors (Lipinski definition) is 2. The zero-order valence-corrected chi connectivity index (χ0v) is 12.2. The van der Waals surface area contributed by atoms with Gasteiger partial charge in [-0.3, -0.25) is 0 Å². The van der Waals surface area contributed by atoms with Gasteiger partial charge < -0.3 is 10.4 Å². The molecule has 0 bridgehead atoms. The van der Waals surface area contributed by atoms with Gasteiger partial charge in [-0.25, -0.2) is 0 Å². The molecule has 0 radical (unpaired) electrons. The molecule has 2 heteroatoms. The van der Waals surface area contributed by atoms with Crippen LogP contribution in [0.2, 0.25) is 0 Å². The van der Waals surface area contributed by atoms with Crippen molar-refractivity contribution in [2.24, 2.45) is 0 Å². The topological polar surface area (TPSA) is 32.3 Å². The van der Waals surface area contributed by atoms with Gasteiger partial charge in [0.25, 0.3) is 0 Å². The summed E-state index contributed by atoms with van der Waals surface area (Å²) in [6.45, 7) is 4.18. The first kappa shape index (κ1) is 14.8. The highest BCUT2D eigenvalue weighted by Gasteiger charge is 2.17. The highest BCUT2D eigenvalue weighted by molar-refractivity contribution is 5.19. The number of rotatable bonds is 6. The molecule has 3 unspecified atom stereocenters. The second-order valence-corrected chi connectivity index (χ2v) is 5.40. The second kappa shape index (κ2) is 7.22. The van der Waals surface area contributed by atoms with Crippen LogP contribution in [0.1, 0.15) is 31.1 Å². The highest BCUT2D eigenvalue weighted by atomic mass is 16.3. The summed E-state index contributed by atoms with van der Waals surface area (Å²) in [4.78, 5) is 0. The van der Waals surface area contributed by atoms with Gasteiger partial charge in [-0.2, -0.15) is 0 Å². The summed E-state index contributed by atoms with van der Waals surface area (Å²) in [5.41, 5.74) is 2.27. The SMILES string of the molecule is CC(Cc1ccccc1)NC(C)C(O)c1ccccc1. The minimum absolute atomic E-state index is 0.0242. The molecule has 0 aliphatic heterocycles. The third-order valence-corrected chi connectivity index (χ3v) is 3.55. The van der Waals surface area contributed by atoms with Crippen molar-refractivity contribution in [2.45, 2.75) is 38.5 Å². The van der Waals surface area contributed by atoms with E-state index in [4.69, 9.17) is 0 Å². The molecule has 0 aromatic heterocycles. The molecule has 0 aliphatic carbocycles. The molecule has 106 valence electrons. The Bertz CT molecular complexity index is 497. The highest BCUT2D eigenvalue weighted by Crippen LogP contribution is 2.17. The summed E-state index contributed by atoms with van der Waals surface area (Å²) in [5, 5.41) is 13.8. The molecule has 2 N–H and O–H groups in total. The summed E-state index contributed by atoms with van der Waals surface area (Å²) in [7, 11) is 0. The van der Waals surface area contributed by atoms with Gasteiger partial charge >= 0.3 is 0 Å². The van der Waals surface area contributed by atoms with E-state index in [1.807, 2.05) is 43.3 Å². The summed E-state index contributed by atoms with van der Waals surface area (Å²) >= 11 is 0. The van der Waals surface area contributed by atoms with Gasteiger partial charge in [0, 0.05) is 12.1 Å². The first-order valence-electron chi connectivity index (χ1n) is 7.20. The maximum absolute atomic E-state index is 10.3. The predicted molar refractivity (Wildman–Crippen MR) is 83.6 cm³/mol. The average Bonchev–Trinajstić information content (AvgIpc) is 2.48. The zero-order chi connectivity index (χ0) is 14.4. The van der Waals surface area contributed by atoms with Gasteiger partial charge in [-0.15, -0.1) is 0 Å². The van der Waals surface area contributed by atoms with Crippen molar-refractivity contribution >= 4 is 0 Å². The molecule has 0 aliphatic rings. The standard InChI is InChI=1S/C18H23NO/c1-14(13-16-9-5-3-6-10-16)19-15(2)18(20)17-11-7-4-8-12-17/h3-12,14-15,18-20H,13H2,1-2H3. The second-order valence-electron chi connectivity index (χ2n) is 5.40. The van der Waals surface area contributed by atoms with Crippen LogP contribution < -0.4 is 5.32 Å². The molecule has 0 saturated carbocycles. The fourth-order valence-corrected chi connectivity index (χ4v) is 2.51. The van der Waals surface area contributed by atoms with Gasteiger partial charge in [0.1, 0.15) is 0 Å². The van der Waals surface area contributed by atoms with Crippen molar-refractivity contribution < 1.29 is 5.11 Å². The lowest BCUT2D eigenvalue weighted by atomic mass is 10.0. The fourth-order valence-electron chi connectivity index (χ4n) is 2.51. The molecule has 2 rings (SSSR count). The van der Waals surface area contributed by atoms with E-state index in [0.717, 1.165) is 12.0 Å². The fraction of sp³-hybridized carbons (Fsp3) is 0.333. The van der Waals surface area contributed by atoms with Crippen LogP contribution in [-0.2, 0) is 6.42 Å². The molecule has 0 fully saturated rings. The van der Waals surface area contributed by atoms with Crippen molar-refractivity contribution in [1.29, 1.82) is 0 Å². The van der Waals surface area contributed by atoms with E-state index >= 15 is 0 Å². The van der Waals surface area contributed by atoms with Crippen molar-refractivity contribution in [3.63, 3.8) is 0 Å². The Morgan fingerprint density at radius 3 is 2.05 bits per heavy atom. The first-order chi connectivity index (χ1) is 9.66. The van der Waals surface area contributed by atoms with Gasteiger partial charge in [-0.05, 0) is 31.4 Å². The number of hydrogen-bond acceptors (Lipinski definition) is 2. The van der Waals surface area contributed by atoms with Crippen molar-refractivity contribution in [3.05, 3.63) is 71.8 Å². The van der Waals surface area contributed by atoms with Crippen LogP contribution in [0.3, 0.4) is 0 Å². The third kappa shape index (κ3) is 4.19. The quantitative estimate of drug-likeness (QED) is 0.843. The number of aliphatic hydroxyl groups excluding tert-OH is 1. The summed E-state index contributed by atoms with van der Waals surface area (Å²) in [6.07, 6.45) is 0.488. The van der Waals surface area contributed by atoms with E-state index in [-0.39, 0.29) is 6.04 Å². The van der Waals surface area contributed by atoms with E-state index in [1.54, 1.807) is 0 Å². The van der Waals surface area contributed by atoms with Crippen LogP contribution in [0, 0.1) is 0 Å². The average molecular weight is 269 g/mol. The number of aliphatic hydroxyl groups is 1. The summed E-state index contributed by atoms with van der Waals surface area (Å²) < 4.78 is 0. The molecule has 0 amide bonds. The third-order valence-electron chi connectivity index (χ3n) is 3.55. The molecular weight excluding hydrogens is 246 g/mol. The Labute approximate surface area is 121 Å². The lowest BCUT2D eigenvalue weighted by molar-refractivity contribution is 0.130. The van der Waals surface area contributed by atoms with Gasteiger partial charge in [0.15, 0.2) is 0 Å². The smallest absolute Gasteiger partial charge is 0.0940 e. The Morgan fingerprint density at radius 2 is 1.45 bits per heavy atom. The molecule has 2 aromatic rings. The Balaban J connectivity index is 1.89. The Morgan fingerprint density at radius 1 is 0.900 bits per heavy atom. The van der Waals surface area contributed by atoms with E-state index in [0.29, 0.717) is 6.04 Å². The van der Waals surface area contributed by atoms with Gasteiger partial charge in [0.2, 0.25) is 0 Å². The molecule has 0 heterocycles. The van der Waals surface area contributed by atoms with E-state index in [1.165, 1.54) is 5.56 Å². The van der Waals surface area contributed by atoms with Crippen LogP contribution in [0.5, 0.6) is 0 Å². The minimum Gasteiger partial charge on any atom is -0.387 e. The summed E-state index contributed by atoms with van der Waals surface area (Å²) in [6, 6.07) is 20.6. The monoisotopic (exact) mass is 269 g/mol. The van der Waals surface area contributed by atoms with Crippen LogP contribution >= 0.6 is 0 Å². The molecule has 0 spiro atoms. The largest absolute Gasteiger partial charge is 0.387 e. The van der Waals surface area contributed by atoms with Crippen molar-refractivity contribution in [1.82, 2.24) is 5.32 Å². The molecule has 20 heavy (non-hydrogen) atoms. The van der Waals surface area contributed by atoms with Crippen LogP contribution in [0.25, 0.3) is 0 Å². The van der Waals surface area contributed by atoms with Gasteiger partial charge in [0.05, 0.1) is 6.10 Å². The first-order valence-corrected chi connectivity index (χ1v) is 7.20.